The van der Waals surface area contributed by atoms with Gasteiger partial charge in [-0.3, -0.25) is 0 Å². The molecule has 0 saturated carbocycles. The van der Waals surface area contributed by atoms with Gasteiger partial charge >= 0.3 is 29.6 Å². The summed E-state index contributed by atoms with van der Waals surface area (Å²) in [5.41, 5.74) is 0. The van der Waals surface area contributed by atoms with Crippen molar-refractivity contribution in [2.45, 2.75) is 0 Å². The van der Waals surface area contributed by atoms with E-state index in [-0.39, 0.29) is 29.6 Å². The van der Waals surface area contributed by atoms with E-state index in [4.69, 9.17) is 0 Å². The fourth-order valence-corrected chi connectivity index (χ4v) is 0.279. The molecule has 0 N–H and O–H groups in total. The first-order chi connectivity index (χ1) is 3.00. The number of ether oxygens (including phenoxy) is 3. The van der Waals surface area contributed by atoms with Gasteiger partial charge < -0.3 is 14.2 Å². The molecule has 0 unspecified atom stereocenters. The van der Waals surface area contributed by atoms with Gasteiger partial charge in [0.2, 0.25) is 0 Å². The molecule has 0 spiro atoms. The monoisotopic (exact) mass is 114 g/mol. The molecule has 1 rings (SSSR count). The minimum absolute atomic E-state index is 0. The normalized spacial score (nSPS) is 20.6. The maximum absolute atomic E-state index is 4.62. The molecule has 0 amide bonds. The predicted octanol–water partition coefficient (Wildman–Crippen LogP) is -0.726. The van der Waals surface area contributed by atoms with Crippen LogP contribution in [0.1, 0.15) is 0 Å². The minimum atomic E-state index is 0. The van der Waals surface area contributed by atoms with Crippen LogP contribution < -0.4 is 0 Å². The third-order valence-electron chi connectivity index (χ3n) is 0.500. The summed E-state index contributed by atoms with van der Waals surface area (Å²) in [6, 6.07) is 0. The summed E-state index contributed by atoms with van der Waals surface area (Å²) in [4.78, 5) is 0. The zero-order valence-corrected chi connectivity index (χ0v) is 3.35. The molecule has 0 aliphatic carbocycles. The van der Waals surface area contributed by atoms with Crippen LogP contribution in [0, 0.1) is 0 Å². The summed E-state index contributed by atoms with van der Waals surface area (Å²) in [6.45, 7) is 1.12. The van der Waals surface area contributed by atoms with Crippen molar-refractivity contribution < 1.29 is 14.2 Å². The van der Waals surface area contributed by atoms with E-state index in [1.165, 1.54) is 0 Å². The van der Waals surface area contributed by atoms with Crippen molar-refractivity contribution in [1.82, 2.24) is 0 Å². The van der Waals surface area contributed by atoms with Crippen LogP contribution in [-0.4, -0.2) is 49.9 Å². The van der Waals surface area contributed by atoms with Gasteiger partial charge in [0.1, 0.15) is 0 Å². The van der Waals surface area contributed by atoms with E-state index in [0.717, 1.165) is 0 Å². The van der Waals surface area contributed by atoms with Crippen molar-refractivity contribution in [3.63, 3.8) is 0 Å². The molecule has 0 aromatic carbocycles. The van der Waals surface area contributed by atoms with Gasteiger partial charge in [-0.15, -0.1) is 0 Å². The fraction of sp³-hybridized carbons (Fsp3) is 1.00. The van der Waals surface area contributed by atoms with Crippen molar-refractivity contribution in [3.8, 4) is 0 Å². The average Bonchev–Trinajstić information content (AvgIpc) is 1.72. The molecule has 38 valence electrons. The van der Waals surface area contributed by atoms with E-state index in [9.17, 15) is 0 Å². The average molecular weight is 114 g/mol. The third kappa shape index (κ3) is 3.46. The van der Waals surface area contributed by atoms with Crippen LogP contribution in [0.5, 0.6) is 0 Å². The van der Waals surface area contributed by atoms with Gasteiger partial charge in [0.05, 0.1) is 0 Å². The Bertz CT molecular complexity index is 25.7. The molecule has 0 atom stereocenters. The molecule has 4 heteroatoms. The van der Waals surface area contributed by atoms with E-state index in [1.807, 2.05) is 0 Å². The third-order valence-corrected chi connectivity index (χ3v) is 0.500. The van der Waals surface area contributed by atoms with Gasteiger partial charge in [0, 0.05) is 0 Å². The van der Waals surface area contributed by atoms with Crippen molar-refractivity contribution in [2.24, 2.45) is 0 Å². The van der Waals surface area contributed by atoms with Gasteiger partial charge in [-0.2, -0.15) is 0 Å². The van der Waals surface area contributed by atoms with E-state index in [1.54, 1.807) is 0 Å². The fourth-order valence-electron chi connectivity index (χ4n) is 0.279. The zero-order valence-electron chi connectivity index (χ0n) is 3.35. The molecule has 3 nitrogen and oxygen atoms in total. The van der Waals surface area contributed by atoms with Crippen LogP contribution in [0.3, 0.4) is 0 Å². The second-order valence-electron chi connectivity index (χ2n) is 0.966. The van der Waals surface area contributed by atoms with Crippen molar-refractivity contribution in [3.05, 3.63) is 0 Å². The Morgan fingerprint density at radius 2 is 1.00 bits per heavy atom. The molecule has 0 radical (unpaired) electrons. The van der Waals surface area contributed by atoms with Crippen molar-refractivity contribution >= 4 is 29.6 Å². The zero-order chi connectivity index (χ0) is 4.24. The summed E-state index contributed by atoms with van der Waals surface area (Å²) in [7, 11) is 0. The number of hydrogen-bond donors (Lipinski definition) is 0. The van der Waals surface area contributed by atoms with Crippen molar-refractivity contribution in [2.75, 3.05) is 20.4 Å². The second kappa shape index (κ2) is 5.03. The molecule has 1 heterocycles. The van der Waals surface area contributed by atoms with Crippen LogP contribution in [-0.2, 0) is 14.2 Å². The molecule has 1 aliphatic heterocycles. The van der Waals surface area contributed by atoms with Gasteiger partial charge in [-0.05, 0) is 0 Å². The molecule has 1 fully saturated rings. The molecular weight excluding hydrogens is 107 g/mol. The Morgan fingerprint density at radius 3 is 1.14 bits per heavy atom. The quantitative estimate of drug-likeness (QED) is 0.389. The first-order valence-electron chi connectivity index (χ1n) is 1.73. The summed E-state index contributed by atoms with van der Waals surface area (Å²) in [5.74, 6) is 0. The Balaban J connectivity index is 0.000000360. The van der Waals surface area contributed by atoms with Crippen LogP contribution in [0.25, 0.3) is 0 Å². The molecule has 0 aromatic rings. The molecule has 0 aromatic heterocycles. The Labute approximate surface area is 64.2 Å². The van der Waals surface area contributed by atoms with E-state index in [0.29, 0.717) is 20.4 Å². The van der Waals surface area contributed by atoms with E-state index >= 15 is 0 Å². The molecular formula is C3H7NaO3. The number of rotatable bonds is 0. The standard InChI is InChI=1S/C3H6O3.Na.H/c1-4-2-6-3-5-1;;/h1-3H2;;. The summed E-state index contributed by atoms with van der Waals surface area (Å²) in [5, 5.41) is 0. The first kappa shape index (κ1) is 7.88. The van der Waals surface area contributed by atoms with Crippen LogP contribution >= 0.6 is 0 Å². The molecule has 1 saturated heterocycles. The molecule has 0 bridgehead atoms. The Kier molecular flexibility index (Phi) is 5.66. The Hall–Kier alpha value is 0.880. The summed E-state index contributed by atoms with van der Waals surface area (Å²) >= 11 is 0. The van der Waals surface area contributed by atoms with Gasteiger partial charge in [0.25, 0.3) is 0 Å². The SMILES string of the molecule is C1OCOCO1.[NaH]. The summed E-state index contributed by atoms with van der Waals surface area (Å²) in [6.07, 6.45) is 0. The Morgan fingerprint density at radius 1 is 0.714 bits per heavy atom. The van der Waals surface area contributed by atoms with E-state index in [2.05, 4.69) is 14.2 Å². The van der Waals surface area contributed by atoms with Gasteiger partial charge in [0.15, 0.2) is 20.4 Å². The maximum atomic E-state index is 4.62. The second-order valence-corrected chi connectivity index (χ2v) is 0.966. The topological polar surface area (TPSA) is 27.7 Å². The molecule has 7 heavy (non-hydrogen) atoms. The van der Waals surface area contributed by atoms with Gasteiger partial charge in [-0.1, -0.05) is 0 Å². The van der Waals surface area contributed by atoms with Crippen LogP contribution in [0.15, 0.2) is 0 Å². The number of hydrogen-bond acceptors (Lipinski definition) is 3. The van der Waals surface area contributed by atoms with Gasteiger partial charge in [-0.25, -0.2) is 0 Å². The van der Waals surface area contributed by atoms with Crippen LogP contribution in [0.4, 0.5) is 0 Å². The predicted molar refractivity (Wildman–Crippen MR) is 25.0 cm³/mol. The summed E-state index contributed by atoms with van der Waals surface area (Å²) < 4.78 is 13.9. The molecule has 1 aliphatic rings. The first-order valence-corrected chi connectivity index (χ1v) is 1.73. The van der Waals surface area contributed by atoms with Crippen LogP contribution in [0.2, 0.25) is 0 Å². The van der Waals surface area contributed by atoms with E-state index < -0.39 is 0 Å². The van der Waals surface area contributed by atoms with Crippen molar-refractivity contribution in [1.29, 1.82) is 0 Å².